The van der Waals surface area contributed by atoms with Gasteiger partial charge in [0.1, 0.15) is 6.04 Å². The van der Waals surface area contributed by atoms with E-state index in [-0.39, 0.29) is 11.9 Å². The highest BCUT2D eigenvalue weighted by Crippen LogP contribution is 2.36. The predicted molar refractivity (Wildman–Crippen MR) is 60.9 cm³/mol. The molecule has 0 saturated heterocycles. The molecule has 0 radical (unpaired) electrons. The Morgan fingerprint density at radius 1 is 1.50 bits per heavy atom. The van der Waals surface area contributed by atoms with Crippen LogP contribution in [0.3, 0.4) is 0 Å². The van der Waals surface area contributed by atoms with Gasteiger partial charge in [-0.25, -0.2) is 0 Å². The lowest BCUT2D eigenvalue weighted by atomic mass is 10.1. The van der Waals surface area contributed by atoms with Gasteiger partial charge in [0.15, 0.2) is 0 Å². The van der Waals surface area contributed by atoms with Crippen molar-refractivity contribution >= 4 is 44.8 Å². The van der Waals surface area contributed by atoms with Crippen LogP contribution in [-0.2, 0) is 4.79 Å². The quantitative estimate of drug-likeness (QED) is 0.764. The van der Waals surface area contributed by atoms with Crippen LogP contribution >= 0.6 is 27.5 Å². The van der Waals surface area contributed by atoms with Gasteiger partial charge in [0.2, 0.25) is 5.91 Å². The molecule has 74 valence electrons. The third-order valence-electron chi connectivity index (χ3n) is 2.07. The number of hydrogen-bond acceptors (Lipinski definition) is 2. The Balaban J connectivity index is 2.51. The van der Waals surface area contributed by atoms with E-state index in [1.807, 2.05) is 6.07 Å². The maximum atomic E-state index is 11.3. The number of anilines is 2. The third kappa shape index (κ3) is 1.60. The Morgan fingerprint density at radius 3 is 2.93 bits per heavy atom. The van der Waals surface area contributed by atoms with Crippen molar-refractivity contribution in [2.45, 2.75) is 13.0 Å². The van der Waals surface area contributed by atoms with Crippen LogP contribution in [0.4, 0.5) is 11.4 Å². The van der Waals surface area contributed by atoms with Gasteiger partial charge in [-0.15, -0.1) is 0 Å². The molecule has 3 nitrogen and oxygen atoms in total. The Hall–Kier alpha value is -0.740. The smallest absolute Gasteiger partial charge is 0.246 e. The Labute approximate surface area is 95.0 Å². The number of hydrogen-bond donors (Lipinski definition) is 2. The second kappa shape index (κ2) is 3.44. The molecule has 0 unspecified atom stereocenters. The summed E-state index contributed by atoms with van der Waals surface area (Å²) in [5.41, 5.74) is 1.49. The first-order valence-electron chi connectivity index (χ1n) is 4.14. The van der Waals surface area contributed by atoms with E-state index in [1.165, 1.54) is 0 Å². The standard InChI is InChI=1S/C9H8BrClN2O/c1-4-9(14)13-7-3-5(10)2-6(11)8(7)12-4/h2-4,12H,1H3,(H,13,14)/t4-/m0/s1. The minimum Gasteiger partial charge on any atom is -0.371 e. The zero-order chi connectivity index (χ0) is 10.3. The maximum absolute atomic E-state index is 11.3. The summed E-state index contributed by atoms with van der Waals surface area (Å²) in [6.45, 7) is 1.79. The van der Waals surface area contributed by atoms with E-state index < -0.39 is 0 Å². The summed E-state index contributed by atoms with van der Waals surface area (Å²) in [7, 11) is 0. The number of carbonyl (C=O) groups is 1. The van der Waals surface area contributed by atoms with Crippen molar-refractivity contribution in [1.82, 2.24) is 0 Å². The summed E-state index contributed by atoms with van der Waals surface area (Å²) in [6.07, 6.45) is 0. The topological polar surface area (TPSA) is 41.1 Å². The summed E-state index contributed by atoms with van der Waals surface area (Å²) in [6, 6.07) is 3.36. The first kappa shape index (κ1) is 9.80. The number of benzene rings is 1. The average Bonchev–Trinajstić information content (AvgIpc) is 2.08. The van der Waals surface area contributed by atoms with Gasteiger partial charge in [-0.1, -0.05) is 27.5 Å². The van der Waals surface area contributed by atoms with Gasteiger partial charge in [-0.3, -0.25) is 4.79 Å². The van der Waals surface area contributed by atoms with E-state index in [9.17, 15) is 4.79 Å². The van der Waals surface area contributed by atoms with E-state index in [0.29, 0.717) is 10.7 Å². The summed E-state index contributed by atoms with van der Waals surface area (Å²) in [4.78, 5) is 11.3. The molecule has 0 bridgehead atoms. The molecular weight excluding hydrogens is 267 g/mol. The van der Waals surface area contributed by atoms with Crippen LogP contribution in [0.25, 0.3) is 0 Å². The van der Waals surface area contributed by atoms with E-state index in [2.05, 4.69) is 26.6 Å². The molecule has 0 spiro atoms. The van der Waals surface area contributed by atoms with Gasteiger partial charge < -0.3 is 10.6 Å². The molecule has 1 aliphatic heterocycles. The molecule has 2 rings (SSSR count). The van der Waals surface area contributed by atoms with Crippen molar-refractivity contribution in [3.63, 3.8) is 0 Å². The fourth-order valence-corrected chi connectivity index (χ4v) is 2.21. The van der Waals surface area contributed by atoms with E-state index in [0.717, 1.165) is 10.2 Å². The lowest BCUT2D eigenvalue weighted by molar-refractivity contribution is -0.116. The minimum atomic E-state index is -0.249. The summed E-state index contributed by atoms with van der Waals surface area (Å²) in [5, 5.41) is 6.41. The van der Waals surface area contributed by atoms with E-state index >= 15 is 0 Å². The van der Waals surface area contributed by atoms with Crippen LogP contribution in [0.2, 0.25) is 5.02 Å². The third-order valence-corrected chi connectivity index (χ3v) is 2.82. The highest BCUT2D eigenvalue weighted by molar-refractivity contribution is 9.10. The van der Waals surface area contributed by atoms with E-state index in [1.54, 1.807) is 13.0 Å². The largest absolute Gasteiger partial charge is 0.371 e. The molecule has 14 heavy (non-hydrogen) atoms. The molecule has 0 aliphatic carbocycles. The van der Waals surface area contributed by atoms with Crippen LogP contribution < -0.4 is 10.6 Å². The van der Waals surface area contributed by atoms with Gasteiger partial charge in [0.05, 0.1) is 16.4 Å². The van der Waals surface area contributed by atoms with Crippen molar-refractivity contribution in [1.29, 1.82) is 0 Å². The molecule has 1 atom stereocenters. The van der Waals surface area contributed by atoms with Crippen LogP contribution in [0.5, 0.6) is 0 Å². The fraction of sp³-hybridized carbons (Fsp3) is 0.222. The molecule has 1 aliphatic rings. The highest BCUT2D eigenvalue weighted by atomic mass is 79.9. The van der Waals surface area contributed by atoms with Crippen LogP contribution in [0.1, 0.15) is 6.92 Å². The monoisotopic (exact) mass is 274 g/mol. The first-order chi connectivity index (χ1) is 6.58. The van der Waals surface area contributed by atoms with Crippen molar-refractivity contribution < 1.29 is 4.79 Å². The number of amides is 1. The maximum Gasteiger partial charge on any atom is 0.246 e. The second-order valence-electron chi connectivity index (χ2n) is 3.17. The molecule has 1 aromatic rings. The minimum absolute atomic E-state index is 0.0494. The average molecular weight is 276 g/mol. The molecule has 0 aromatic heterocycles. The second-order valence-corrected chi connectivity index (χ2v) is 4.49. The number of carbonyl (C=O) groups excluding carboxylic acids is 1. The van der Waals surface area contributed by atoms with Gasteiger partial charge in [-0.2, -0.15) is 0 Å². The molecule has 1 aromatic carbocycles. The zero-order valence-corrected chi connectivity index (χ0v) is 9.74. The van der Waals surface area contributed by atoms with Crippen molar-refractivity contribution in [2.24, 2.45) is 0 Å². The van der Waals surface area contributed by atoms with Gasteiger partial charge in [0.25, 0.3) is 0 Å². The van der Waals surface area contributed by atoms with E-state index in [4.69, 9.17) is 11.6 Å². The van der Waals surface area contributed by atoms with Crippen LogP contribution in [-0.4, -0.2) is 11.9 Å². The van der Waals surface area contributed by atoms with Crippen LogP contribution in [0, 0.1) is 0 Å². The summed E-state index contributed by atoms with van der Waals surface area (Å²) < 4.78 is 0.845. The van der Waals surface area contributed by atoms with Gasteiger partial charge >= 0.3 is 0 Å². The van der Waals surface area contributed by atoms with Crippen molar-refractivity contribution in [3.05, 3.63) is 21.6 Å². The Kier molecular flexibility index (Phi) is 2.41. The highest BCUT2D eigenvalue weighted by Gasteiger charge is 2.23. The number of halogens is 2. The normalized spacial score (nSPS) is 19.6. The van der Waals surface area contributed by atoms with Crippen LogP contribution in [0.15, 0.2) is 16.6 Å². The summed E-state index contributed by atoms with van der Waals surface area (Å²) >= 11 is 9.33. The number of fused-ring (bicyclic) bond motifs is 1. The molecule has 1 heterocycles. The molecular formula is C9H8BrClN2O. The number of rotatable bonds is 0. The summed E-state index contributed by atoms with van der Waals surface area (Å²) in [5.74, 6) is -0.0494. The number of nitrogens with one attached hydrogen (secondary N) is 2. The molecule has 0 saturated carbocycles. The zero-order valence-electron chi connectivity index (χ0n) is 7.40. The SMILES string of the molecule is C[C@@H]1Nc2c(Cl)cc(Br)cc2NC1=O. The molecule has 5 heteroatoms. The Morgan fingerprint density at radius 2 is 2.21 bits per heavy atom. The fourth-order valence-electron chi connectivity index (χ4n) is 1.34. The lowest BCUT2D eigenvalue weighted by Gasteiger charge is -2.25. The first-order valence-corrected chi connectivity index (χ1v) is 5.31. The van der Waals surface area contributed by atoms with Crippen molar-refractivity contribution in [3.8, 4) is 0 Å². The predicted octanol–water partition coefficient (Wildman–Crippen LogP) is 2.86. The van der Waals surface area contributed by atoms with Gasteiger partial charge in [0, 0.05) is 4.47 Å². The van der Waals surface area contributed by atoms with Gasteiger partial charge in [-0.05, 0) is 19.1 Å². The Bertz CT molecular complexity index is 408. The van der Waals surface area contributed by atoms with Crippen molar-refractivity contribution in [2.75, 3.05) is 10.6 Å². The lowest BCUT2D eigenvalue weighted by Crippen LogP contribution is -2.36. The molecule has 1 amide bonds. The molecule has 0 fully saturated rings. The molecule has 2 N–H and O–H groups in total.